The first-order chi connectivity index (χ1) is 7.52. The molecule has 0 saturated carbocycles. The van der Waals surface area contributed by atoms with E-state index in [1.165, 1.54) is 11.3 Å². The van der Waals surface area contributed by atoms with Crippen molar-refractivity contribution in [3.8, 4) is 0 Å². The third-order valence-electron chi connectivity index (χ3n) is 1.75. The van der Waals surface area contributed by atoms with Crippen molar-refractivity contribution in [2.24, 2.45) is 5.92 Å². The zero-order valence-electron chi connectivity index (χ0n) is 9.40. The average molecular weight is 258 g/mol. The number of aromatic nitrogens is 2. The van der Waals surface area contributed by atoms with Crippen molar-refractivity contribution >= 4 is 39.7 Å². The quantitative estimate of drug-likeness (QED) is 0.806. The van der Waals surface area contributed by atoms with Crippen LogP contribution in [-0.4, -0.2) is 21.2 Å². The third kappa shape index (κ3) is 3.82. The van der Waals surface area contributed by atoms with Crippen molar-refractivity contribution in [1.82, 2.24) is 15.5 Å². The number of thiocarbonyl (C=S) groups is 1. The Balaban J connectivity index is 2.48. The van der Waals surface area contributed by atoms with Crippen LogP contribution in [0.2, 0.25) is 0 Å². The maximum absolute atomic E-state index is 11.3. The van der Waals surface area contributed by atoms with Gasteiger partial charge in [0.2, 0.25) is 11.0 Å². The fourth-order valence-electron chi connectivity index (χ4n) is 0.832. The van der Waals surface area contributed by atoms with Gasteiger partial charge in [0.05, 0.1) is 0 Å². The summed E-state index contributed by atoms with van der Waals surface area (Å²) in [5.74, 6) is -0.210. The van der Waals surface area contributed by atoms with Crippen LogP contribution in [0, 0.1) is 5.92 Å². The van der Waals surface area contributed by atoms with E-state index in [9.17, 15) is 4.79 Å². The summed E-state index contributed by atoms with van der Waals surface area (Å²) in [6, 6.07) is 0. The molecular formula is C9H14N4OS2. The lowest BCUT2D eigenvalue weighted by atomic mass is 10.2. The lowest BCUT2D eigenvalue weighted by Crippen LogP contribution is -2.36. The van der Waals surface area contributed by atoms with Gasteiger partial charge in [0.15, 0.2) is 5.11 Å². The van der Waals surface area contributed by atoms with Crippen molar-refractivity contribution < 1.29 is 4.79 Å². The van der Waals surface area contributed by atoms with Gasteiger partial charge in [0, 0.05) is 5.92 Å². The summed E-state index contributed by atoms with van der Waals surface area (Å²) < 4.78 is 0. The summed E-state index contributed by atoms with van der Waals surface area (Å²) in [5, 5.41) is 15.0. The highest BCUT2D eigenvalue weighted by Gasteiger charge is 2.10. The Hall–Kier alpha value is -1.08. The smallest absolute Gasteiger partial charge is 0.228 e. The van der Waals surface area contributed by atoms with Crippen LogP contribution in [0.4, 0.5) is 5.13 Å². The number of hydrogen-bond donors (Lipinski definition) is 2. The normalized spacial score (nSPS) is 10.2. The molecule has 1 heterocycles. The highest BCUT2D eigenvalue weighted by molar-refractivity contribution is 7.80. The Morgan fingerprint density at radius 1 is 1.50 bits per heavy atom. The van der Waals surface area contributed by atoms with Crippen LogP contribution in [-0.2, 0) is 11.2 Å². The van der Waals surface area contributed by atoms with Gasteiger partial charge < -0.3 is 10.6 Å². The zero-order valence-corrected chi connectivity index (χ0v) is 11.0. The van der Waals surface area contributed by atoms with Crippen LogP contribution in [0.5, 0.6) is 0 Å². The van der Waals surface area contributed by atoms with Crippen molar-refractivity contribution in [3.05, 3.63) is 5.01 Å². The van der Waals surface area contributed by atoms with E-state index < -0.39 is 0 Å². The molecule has 0 spiro atoms. The molecule has 16 heavy (non-hydrogen) atoms. The maximum Gasteiger partial charge on any atom is 0.228 e. The zero-order chi connectivity index (χ0) is 12.1. The lowest BCUT2D eigenvalue weighted by Gasteiger charge is -2.08. The second-order valence-corrected chi connectivity index (χ2v) is 4.92. The topological polar surface area (TPSA) is 66.9 Å². The first kappa shape index (κ1) is 13.0. The molecule has 0 atom stereocenters. The number of nitrogens with one attached hydrogen (secondary N) is 2. The number of amides is 1. The minimum Gasteiger partial charge on any atom is -0.307 e. The van der Waals surface area contributed by atoms with Crippen LogP contribution in [0.3, 0.4) is 0 Å². The predicted octanol–water partition coefficient (Wildman–Crippen LogP) is 1.57. The molecule has 1 rings (SSSR count). The van der Waals surface area contributed by atoms with E-state index in [1.807, 2.05) is 6.92 Å². The lowest BCUT2D eigenvalue weighted by molar-refractivity contribution is -0.122. The minimum absolute atomic E-state index is 0.0969. The molecule has 1 aromatic rings. The number of hydrogen-bond acceptors (Lipinski definition) is 5. The van der Waals surface area contributed by atoms with Gasteiger partial charge in [-0.25, -0.2) is 0 Å². The van der Waals surface area contributed by atoms with Gasteiger partial charge in [-0.2, -0.15) is 0 Å². The second kappa shape index (κ2) is 5.86. The van der Waals surface area contributed by atoms with Crippen LogP contribution in [0.15, 0.2) is 0 Å². The molecule has 0 aliphatic carbocycles. The summed E-state index contributed by atoms with van der Waals surface area (Å²) >= 11 is 6.40. The number of aryl methyl sites for hydroxylation is 1. The summed E-state index contributed by atoms with van der Waals surface area (Å²) in [4.78, 5) is 11.3. The van der Waals surface area contributed by atoms with Gasteiger partial charge in [-0.05, 0) is 18.6 Å². The van der Waals surface area contributed by atoms with Crippen LogP contribution < -0.4 is 10.6 Å². The van der Waals surface area contributed by atoms with Crippen LogP contribution in [0.25, 0.3) is 0 Å². The molecule has 1 amide bonds. The molecule has 88 valence electrons. The standard InChI is InChI=1S/C9H14N4OS2/c1-4-6-12-13-9(16-6)11-8(15)10-7(14)5(2)3/h5H,4H2,1-3H3,(H2,10,11,13,14,15). The maximum atomic E-state index is 11.3. The Bertz CT molecular complexity index is 389. The van der Waals surface area contributed by atoms with Crippen LogP contribution in [0.1, 0.15) is 25.8 Å². The SMILES string of the molecule is CCc1nnc(NC(=S)NC(=O)C(C)C)s1. The number of rotatable bonds is 3. The molecule has 1 aromatic heterocycles. The van der Waals surface area contributed by atoms with Crippen LogP contribution >= 0.6 is 23.6 Å². The molecule has 7 heteroatoms. The van der Waals surface area contributed by atoms with Crippen molar-refractivity contribution in [1.29, 1.82) is 0 Å². The fourth-order valence-corrected chi connectivity index (χ4v) is 1.78. The van der Waals surface area contributed by atoms with E-state index in [4.69, 9.17) is 12.2 Å². The highest BCUT2D eigenvalue weighted by Crippen LogP contribution is 2.14. The molecule has 0 bridgehead atoms. The van der Waals surface area contributed by atoms with E-state index in [0.717, 1.165) is 11.4 Å². The van der Waals surface area contributed by atoms with Crippen molar-refractivity contribution in [2.75, 3.05) is 5.32 Å². The first-order valence-corrected chi connectivity index (χ1v) is 6.19. The molecular weight excluding hydrogens is 244 g/mol. The van der Waals surface area contributed by atoms with Gasteiger partial charge >= 0.3 is 0 Å². The largest absolute Gasteiger partial charge is 0.307 e. The molecule has 0 saturated heterocycles. The fraction of sp³-hybridized carbons (Fsp3) is 0.556. The molecule has 0 unspecified atom stereocenters. The monoisotopic (exact) mass is 258 g/mol. The molecule has 2 N–H and O–H groups in total. The van der Waals surface area contributed by atoms with E-state index in [0.29, 0.717) is 5.13 Å². The Labute approximate surface area is 104 Å². The van der Waals surface area contributed by atoms with E-state index in [2.05, 4.69) is 20.8 Å². The summed E-state index contributed by atoms with van der Waals surface area (Å²) in [7, 11) is 0. The summed E-state index contributed by atoms with van der Waals surface area (Å²) in [6.45, 7) is 5.61. The Morgan fingerprint density at radius 2 is 2.19 bits per heavy atom. The first-order valence-electron chi connectivity index (χ1n) is 4.97. The average Bonchev–Trinajstić information content (AvgIpc) is 2.65. The molecule has 5 nitrogen and oxygen atoms in total. The van der Waals surface area contributed by atoms with Gasteiger partial charge in [-0.1, -0.05) is 32.1 Å². The van der Waals surface area contributed by atoms with E-state index in [1.54, 1.807) is 13.8 Å². The molecule has 0 aliphatic rings. The van der Waals surface area contributed by atoms with Crippen molar-refractivity contribution in [3.63, 3.8) is 0 Å². The van der Waals surface area contributed by atoms with Gasteiger partial charge in [-0.15, -0.1) is 10.2 Å². The summed E-state index contributed by atoms with van der Waals surface area (Å²) in [6.07, 6.45) is 0.838. The number of carbonyl (C=O) groups excluding carboxylic acids is 1. The highest BCUT2D eigenvalue weighted by atomic mass is 32.1. The number of anilines is 1. The molecule has 0 aromatic carbocycles. The number of carbonyl (C=O) groups is 1. The van der Waals surface area contributed by atoms with Gasteiger partial charge in [0.25, 0.3) is 0 Å². The Kier molecular flexibility index (Phi) is 4.75. The predicted molar refractivity (Wildman–Crippen MR) is 68.5 cm³/mol. The second-order valence-electron chi connectivity index (χ2n) is 3.45. The third-order valence-corrected chi connectivity index (χ3v) is 2.94. The number of nitrogens with zero attached hydrogens (tertiary/aromatic N) is 2. The van der Waals surface area contributed by atoms with E-state index in [-0.39, 0.29) is 16.9 Å². The molecule has 0 aliphatic heterocycles. The minimum atomic E-state index is -0.113. The van der Waals surface area contributed by atoms with Gasteiger partial charge in [-0.3, -0.25) is 4.79 Å². The molecule has 0 radical (unpaired) electrons. The Morgan fingerprint density at radius 3 is 2.69 bits per heavy atom. The summed E-state index contributed by atoms with van der Waals surface area (Å²) in [5.41, 5.74) is 0. The molecule has 0 fully saturated rings. The van der Waals surface area contributed by atoms with Crippen molar-refractivity contribution in [2.45, 2.75) is 27.2 Å². The van der Waals surface area contributed by atoms with Gasteiger partial charge in [0.1, 0.15) is 5.01 Å². The van der Waals surface area contributed by atoms with E-state index >= 15 is 0 Å².